The second-order valence-corrected chi connectivity index (χ2v) is 6.66. The highest BCUT2D eigenvalue weighted by atomic mass is 32.2. The zero-order valence-corrected chi connectivity index (χ0v) is 14.7. The van der Waals surface area contributed by atoms with Crippen molar-refractivity contribution >= 4 is 21.7 Å². The van der Waals surface area contributed by atoms with Crippen LogP contribution in [0.1, 0.15) is 6.42 Å². The molecule has 0 fully saturated rings. The Labute approximate surface area is 146 Å². The fraction of sp³-hybridized carbons (Fsp3) is 0.235. The molecule has 0 bridgehead atoms. The summed E-state index contributed by atoms with van der Waals surface area (Å²) in [5.41, 5.74) is 0.430. The molecule has 0 atom stereocenters. The van der Waals surface area contributed by atoms with E-state index in [2.05, 4.69) is 9.46 Å². The molecule has 7 nitrogen and oxygen atoms in total. The number of methoxy groups -OCH3 is 2. The third-order valence-corrected chi connectivity index (χ3v) is 4.68. The summed E-state index contributed by atoms with van der Waals surface area (Å²) < 4.78 is 42.1. The lowest BCUT2D eigenvalue weighted by Gasteiger charge is -2.10. The van der Waals surface area contributed by atoms with E-state index in [1.807, 2.05) is 0 Å². The highest BCUT2D eigenvalue weighted by Crippen LogP contribution is 2.21. The maximum atomic E-state index is 12.4. The van der Waals surface area contributed by atoms with Crippen LogP contribution in [0, 0.1) is 0 Å². The third-order valence-electron chi connectivity index (χ3n) is 3.28. The van der Waals surface area contributed by atoms with Gasteiger partial charge in [-0.2, -0.15) is 0 Å². The summed E-state index contributed by atoms with van der Waals surface area (Å²) in [6, 6.07) is 12.5. The van der Waals surface area contributed by atoms with Gasteiger partial charge in [0.25, 0.3) is 10.0 Å². The molecule has 1 N–H and O–H groups in total. The first-order chi connectivity index (χ1) is 11.9. The summed E-state index contributed by atoms with van der Waals surface area (Å²) in [7, 11) is -0.869. The van der Waals surface area contributed by atoms with Crippen LogP contribution in [0.15, 0.2) is 53.4 Å². The van der Waals surface area contributed by atoms with Crippen LogP contribution in [0.4, 0.5) is 5.69 Å². The molecule has 25 heavy (non-hydrogen) atoms. The molecular formula is C17H19NO6S. The van der Waals surface area contributed by atoms with Crippen molar-refractivity contribution in [1.29, 1.82) is 0 Å². The SMILES string of the molecule is COC(=O)CCOc1ccc(S(=O)(=O)Nc2ccc(OC)cc2)cc1. The maximum Gasteiger partial charge on any atom is 0.308 e. The Balaban J connectivity index is 2.00. The van der Waals surface area contributed by atoms with Gasteiger partial charge in [0, 0.05) is 5.69 Å². The van der Waals surface area contributed by atoms with E-state index in [1.54, 1.807) is 24.3 Å². The molecule has 0 radical (unpaired) electrons. The quantitative estimate of drug-likeness (QED) is 0.723. The van der Waals surface area contributed by atoms with Gasteiger partial charge in [0.2, 0.25) is 0 Å². The van der Waals surface area contributed by atoms with E-state index in [-0.39, 0.29) is 23.9 Å². The van der Waals surface area contributed by atoms with Crippen LogP contribution >= 0.6 is 0 Å². The van der Waals surface area contributed by atoms with E-state index in [0.29, 0.717) is 17.2 Å². The van der Waals surface area contributed by atoms with Crippen LogP contribution in [0.2, 0.25) is 0 Å². The number of anilines is 1. The van der Waals surface area contributed by atoms with Crippen LogP contribution in [0.3, 0.4) is 0 Å². The van der Waals surface area contributed by atoms with E-state index >= 15 is 0 Å². The summed E-state index contributed by atoms with van der Waals surface area (Å²) in [6.07, 6.45) is 0.121. The van der Waals surface area contributed by atoms with Gasteiger partial charge in [-0.15, -0.1) is 0 Å². The molecule has 0 saturated heterocycles. The average molecular weight is 365 g/mol. The maximum absolute atomic E-state index is 12.4. The third kappa shape index (κ3) is 5.39. The predicted octanol–water partition coefficient (Wildman–Crippen LogP) is 2.44. The number of hydrogen-bond acceptors (Lipinski definition) is 6. The normalized spacial score (nSPS) is 10.8. The molecule has 0 aliphatic carbocycles. The number of nitrogens with one attached hydrogen (secondary N) is 1. The molecule has 0 amide bonds. The highest BCUT2D eigenvalue weighted by molar-refractivity contribution is 7.92. The summed E-state index contributed by atoms with van der Waals surface area (Å²) in [4.78, 5) is 11.1. The lowest BCUT2D eigenvalue weighted by molar-refractivity contribution is -0.141. The van der Waals surface area contributed by atoms with Crippen LogP contribution in [0.25, 0.3) is 0 Å². The van der Waals surface area contributed by atoms with Crippen molar-refractivity contribution in [2.75, 3.05) is 25.5 Å². The summed E-state index contributed by atoms with van der Waals surface area (Å²) in [6.45, 7) is 0.156. The number of hydrogen-bond donors (Lipinski definition) is 1. The average Bonchev–Trinajstić information content (AvgIpc) is 2.62. The molecule has 0 heterocycles. The van der Waals surface area contributed by atoms with Gasteiger partial charge >= 0.3 is 5.97 Å². The first-order valence-corrected chi connectivity index (χ1v) is 8.89. The Morgan fingerprint density at radius 2 is 1.56 bits per heavy atom. The smallest absolute Gasteiger partial charge is 0.308 e. The molecule has 0 aliphatic heterocycles. The Kier molecular flexibility index (Phi) is 6.24. The van der Waals surface area contributed by atoms with E-state index < -0.39 is 10.0 Å². The van der Waals surface area contributed by atoms with Crippen LogP contribution in [0.5, 0.6) is 11.5 Å². The van der Waals surface area contributed by atoms with Crippen LogP contribution in [-0.4, -0.2) is 35.2 Å². The second-order valence-electron chi connectivity index (χ2n) is 4.98. The van der Waals surface area contributed by atoms with Gasteiger partial charge in [-0.1, -0.05) is 0 Å². The molecule has 2 aromatic carbocycles. The topological polar surface area (TPSA) is 90.9 Å². The minimum Gasteiger partial charge on any atom is -0.497 e. The van der Waals surface area contributed by atoms with Gasteiger partial charge in [0.1, 0.15) is 11.5 Å². The number of ether oxygens (including phenoxy) is 3. The zero-order chi connectivity index (χ0) is 18.3. The molecule has 134 valence electrons. The molecule has 0 aliphatic rings. The number of rotatable bonds is 8. The van der Waals surface area contributed by atoms with Crippen molar-refractivity contribution in [3.05, 3.63) is 48.5 Å². The number of carbonyl (C=O) groups excluding carboxylic acids is 1. The Hall–Kier alpha value is -2.74. The minimum absolute atomic E-state index is 0.101. The van der Waals surface area contributed by atoms with Crippen molar-refractivity contribution in [1.82, 2.24) is 0 Å². The lowest BCUT2D eigenvalue weighted by Crippen LogP contribution is -2.13. The first-order valence-electron chi connectivity index (χ1n) is 7.41. The van der Waals surface area contributed by atoms with Gasteiger partial charge < -0.3 is 14.2 Å². The van der Waals surface area contributed by atoms with Gasteiger partial charge in [0.05, 0.1) is 32.1 Å². The van der Waals surface area contributed by atoms with Crippen LogP contribution < -0.4 is 14.2 Å². The minimum atomic E-state index is -3.71. The molecule has 0 saturated carbocycles. The molecule has 2 rings (SSSR count). The molecular weight excluding hydrogens is 346 g/mol. The molecule has 2 aromatic rings. The molecule has 0 unspecified atom stereocenters. The fourth-order valence-electron chi connectivity index (χ4n) is 1.94. The van der Waals surface area contributed by atoms with E-state index in [4.69, 9.17) is 9.47 Å². The van der Waals surface area contributed by atoms with Gasteiger partial charge in [-0.05, 0) is 48.5 Å². The summed E-state index contributed by atoms with van der Waals surface area (Å²) in [5.74, 6) is 0.728. The van der Waals surface area contributed by atoms with Gasteiger partial charge in [-0.3, -0.25) is 9.52 Å². The molecule has 0 spiro atoms. The molecule has 0 aromatic heterocycles. The predicted molar refractivity (Wildman–Crippen MR) is 92.4 cm³/mol. The number of benzene rings is 2. The number of carbonyl (C=O) groups is 1. The largest absolute Gasteiger partial charge is 0.497 e. The van der Waals surface area contributed by atoms with Crippen molar-refractivity contribution in [2.24, 2.45) is 0 Å². The number of esters is 1. The lowest BCUT2D eigenvalue weighted by atomic mass is 10.3. The fourth-order valence-corrected chi connectivity index (χ4v) is 3.00. The van der Waals surface area contributed by atoms with E-state index in [1.165, 1.54) is 38.5 Å². The summed E-state index contributed by atoms with van der Waals surface area (Å²) >= 11 is 0. The van der Waals surface area contributed by atoms with Crippen molar-refractivity contribution in [3.8, 4) is 11.5 Å². The number of sulfonamides is 1. The Bertz CT molecular complexity index is 800. The van der Waals surface area contributed by atoms with E-state index in [9.17, 15) is 13.2 Å². The van der Waals surface area contributed by atoms with Crippen molar-refractivity contribution in [2.45, 2.75) is 11.3 Å². The Morgan fingerprint density at radius 3 is 2.12 bits per heavy atom. The molecule has 8 heteroatoms. The zero-order valence-electron chi connectivity index (χ0n) is 13.9. The summed E-state index contributed by atoms with van der Waals surface area (Å²) in [5, 5.41) is 0. The van der Waals surface area contributed by atoms with Crippen molar-refractivity contribution in [3.63, 3.8) is 0 Å². The van der Waals surface area contributed by atoms with Gasteiger partial charge in [0.15, 0.2) is 0 Å². The van der Waals surface area contributed by atoms with Crippen LogP contribution in [-0.2, 0) is 19.6 Å². The van der Waals surface area contributed by atoms with Crippen molar-refractivity contribution < 1.29 is 27.4 Å². The Morgan fingerprint density at radius 1 is 0.960 bits per heavy atom. The monoisotopic (exact) mass is 365 g/mol. The standard InChI is InChI=1S/C17H19NO6S/c1-22-14-5-3-13(4-6-14)18-25(20,21)16-9-7-15(8-10-16)24-12-11-17(19)23-2/h3-10,18H,11-12H2,1-2H3. The van der Waals surface area contributed by atoms with Gasteiger partial charge in [-0.25, -0.2) is 8.42 Å². The second kappa shape index (κ2) is 8.39. The highest BCUT2D eigenvalue weighted by Gasteiger charge is 2.14. The first kappa shape index (κ1) is 18.6. The van der Waals surface area contributed by atoms with E-state index in [0.717, 1.165) is 0 Å².